The summed E-state index contributed by atoms with van der Waals surface area (Å²) in [6.07, 6.45) is 16.9. The van der Waals surface area contributed by atoms with Crippen molar-refractivity contribution in [3.63, 3.8) is 0 Å². The molecule has 2 atom stereocenters. The molecule has 0 N–H and O–H groups in total. The Labute approximate surface area is 106 Å². The molecule has 0 saturated carbocycles. The molecule has 2 saturated heterocycles. The van der Waals surface area contributed by atoms with Crippen LogP contribution in [0.15, 0.2) is 12.2 Å². The van der Waals surface area contributed by atoms with E-state index in [-0.39, 0.29) is 0 Å². The molecule has 2 radical (unpaired) electrons. The molecule has 0 aromatic heterocycles. The van der Waals surface area contributed by atoms with Crippen LogP contribution in [0.1, 0.15) is 38.5 Å². The summed E-state index contributed by atoms with van der Waals surface area (Å²) in [6, 6.07) is 1.00. The van der Waals surface area contributed by atoms with Gasteiger partial charge in [0.15, 0.2) is 0 Å². The predicted octanol–water partition coefficient (Wildman–Crippen LogP) is 2.35. The molecule has 3 rings (SSSR count). The minimum atomic E-state index is 0.502. The third kappa shape index (κ3) is 2.74. The SMILES string of the molecule is [C]1C(N2CCCCC2)C=CC1N1CCCCC1. The van der Waals surface area contributed by atoms with E-state index in [9.17, 15) is 0 Å². The molecular formula is C15H24N2. The molecule has 2 heterocycles. The van der Waals surface area contributed by atoms with Crippen LogP contribution < -0.4 is 0 Å². The summed E-state index contributed by atoms with van der Waals surface area (Å²) in [5, 5.41) is 0. The van der Waals surface area contributed by atoms with Gasteiger partial charge in [-0.2, -0.15) is 0 Å². The van der Waals surface area contributed by atoms with Gasteiger partial charge in [0.25, 0.3) is 0 Å². The monoisotopic (exact) mass is 232 g/mol. The molecule has 1 aliphatic carbocycles. The zero-order valence-corrected chi connectivity index (χ0v) is 10.8. The van der Waals surface area contributed by atoms with Gasteiger partial charge in [0.05, 0.1) is 0 Å². The van der Waals surface area contributed by atoms with Crippen molar-refractivity contribution in [3.8, 4) is 0 Å². The van der Waals surface area contributed by atoms with Gasteiger partial charge in [-0.3, -0.25) is 9.80 Å². The van der Waals surface area contributed by atoms with Gasteiger partial charge in [-0.25, -0.2) is 0 Å². The van der Waals surface area contributed by atoms with Crippen molar-refractivity contribution < 1.29 is 0 Å². The van der Waals surface area contributed by atoms with Crippen LogP contribution in [0.4, 0.5) is 0 Å². The number of likely N-dealkylation sites (tertiary alicyclic amines) is 2. The minimum Gasteiger partial charge on any atom is -0.296 e. The molecular weight excluding hydrogens is 208 g/mol. The molecule has 2 nitrogen and oxygen atoms in total. The first-order chi connectivity index (χ1) is 8.43. The summed E-state index contributed by atoms with van der Waals surface area (Å²) in [5.41, 5.74) is 0. The third-order valence-electron chi connectivity index (χ3n) is 4.39. The maximum atomic E-state index is 3.77. The smallest absolute Gasteiger partial charge is 0.0367 e. The molecule has 94 valence electrons. The second-order valence-corrected chi connectivity index (χ2v) is 5.63. The van der Waals surface area contributed by atoms with Gasteiger partial charge in [-0.15, -0.1) is 0 Å². The average molecular weight is 232 g/mol. The summed E-state index contributed by atoms with van der Waals surface area (Å²) < 4.78 is 0. The van der Waals surface area contributed by atoms with E-state index in [1.807, 2.05) is 0 Å². The molecule has 2 aliphatic heterocycles. The molecule has 2 heteroatoms. The molecule has 3 aliphatic rings. The molecule has 0 spiro atoms. The molecule has 0 amide bonds. The number of piperidine rings is 2. The van der Waals surface area contributed by atoms with E-state index in [0.717, 1.165) is 0 Å². The van der Waals surface area contributed by atoms with Gasteiger partial charge in [0.1, 0.15) is 0 Å². The minimum absolute atomic E-state index is 0.502. The van der Waals surface area contributed by atoms with Crippen LogP contribution in [-0.2, 0) is 0 Å². The summed E-state index contributed by atoms with van der Waals surface area (Å²) in [7, 11) is 0. The maximum absolute atomic E-state index is 3.77. The summed E-state index contributed by atoms with van der Waals surface area (Å²) in [4.78, 5) is 5.20. The topological polar surface area (TPSA) is 6.48 Å². The lowest BCUT2D eigenvalue weighted by atomic mass is 10.0. The van der Waals surface area contributed by atoms with Crippen molar-refractivity contribution in [2.75, 3.05) is 26.2 Å². The lowest BCUT2D eigenvalue weighted by Gasteiger charge is -2.34. The van der Waals surface area contributed by atoms with Crippen LogP contribution in [0, 0.1) is 6.42 Å². The highest BCUT2D eigenvalue weighted by molar-refractivity contribution is 5.21. The van der Waals surface area contributed by atoms with Crippen molar-refractivity contribution in [1.82, 2.24) is 9.80 Å². The van der Waals surface area contributed by atoms with Crippen molar-refractivity contribution in [1.29, 1.82) is 0 Å². The average Bonchev–Trinajstić information content (AvgIpc) is 2.90. The first-order valence-corrected chi connectivity index (χ1v) is 7.36. The van der Waals surface area contributed by atoms with E-state index < -0.39 is 0 Å². The largest absolute Gasteiger partial charge is 0.296 e. The summed E-state index contributed by atoms with van der Waals surface area (Å²) in [5.74, 6) is 0. The van der Waals surface area contributed by atoms with E-state index in [1.54, 1.807) is 0 Å². The van der Waals surface area contributed by atoms with E-state index in [0.29, 0.717) is 12.1 Å². The zero-order chi connectivity index (χ0) is 11.5. The van der Waals surface area contributed by atoms with E-state index in [4.69, 9.17) is 0 Å². The summed E-state index contributed by atoms with van der Waals surface area (Å²) in [6.45, 7) is 5.09. The van der Waals surface area contributed by atoms with Gasteiger partial charge in [0.2, 0.25) is 0 Å². The molecule has 0 bridgehead atoms. The normalized spacial score (nSPS) is 36.5. The Balaban J connectivity index is 1.52. The Kier molecular flexibility index (Phi) is 3.82. The number of nitrogens with zero attached hydrogens (tertiary/aromatic N) is 2. The lowest BCUT2D eigenvalue weighted by Crippen LogP contribution is -2.42. The summed E-state index contributed by atoms with van der Waals surface area (Å²) >= 11 is 0. The lowest BCUT2D eigenvalue weighted by molar-refractivity contribution is 0.179. The zero-order valence-electron chi connectivity index (χ0n) is 10.8. The molecule has 17 heavy (non-hydrogen) atoms. The fourth-order valence-corrected chi connectivity index (χ4v) is 3.34. The standard InChI is InChI=1S/C15H24N2/c1-3-9-16(10-4-1)14-7-8-15(13-14)17-11-5-2-6-12-17/h7-8,14-15H,1-6,9-12H2. The van der Waals surface area contributed by atoms with Crippen LogP contribution in [0.2, 0.25) is 0 Å². The number of rotatable bonds is 2. The number of hydrogen-bond acceptors (Lipinski definition) is 2. The van der Waals surface area contributed by atoms with Gasteiger partial charge >= 0.3 is 0 Å². The second kappa shape index (κ2) is 5.53. The van der Waals surface area contributed by atoms with Gasteiger partial charge in [0, 0.05) is 18.5 Å². The third-order valence-corrected chi connectivity index (χ3v) is 4.39. The Hall–Kier alpha value is -0.340. The first-order valence-electron chi connectivity index (χ1n) is 7.36. The molecule has 0 aromatic rings. The van der Waals surface area contributed by atoms with Crippen LogP contribution in [0.3, 0.4) is 0 Å². The van der Waals surface area contributed by atoms with Crippen molar-refractivity contribution in [2.45, 2.75) is 50.6 Å². The first kappa shape index (κ1) is 11.7. The fraction of sp³-hybridized carbons (Fsp3) is 0.800. The van der Waals surface area contributed by atoms with E-state index >= 15 is 0 Å². The quantitative estimate of drug-likeness (QED) is 0.674. The fourth-order valence-electron chi connectivity index (χ4n) is 3.34. The maximum Gasteiger partial charge on any atom is 0.0367 e. The van der Waals surface area contributed by atoms with Crippen molar-refractivity contribution >= 4 is 0 Å². The highest BCUT2D eigenvalue weighted by Crippen LogP contribution is 2.25. The Morgan fingerprint density at radius 3 is 1.47 bits per heavy atom. The van der Waals surface area contributed by atoms with E-state index in [1.165, 1.54) is 64.7 Å². The Bertz CT molecular complexity index is 236. The number of hydrogen-bond donors (Lipinski definition) is 0. The molecule has 0 aromatic carbocycles. The Morgan fingerprint density at radius 2 is 1.06 bits per heavy atom. The van der Waals surface area contributed by atoms with Crippen molar-refractivity contribution in [3.05, 3.63) is 18.6 Å². The van der Waals surface area contributed by atoms with Crippen molar-refractivity contribution in [2.24, 2.45) is 0 Å². The van der Waals surface area contributed by atoms with Gasteiger partial charge < -0.3 is 0 Å². The Morgan fingerprint density at radius 1 is 0.647 bits per heavy atom. The van der Waals surface area contributed by atoms with Crippen LogP contribution in [-0.4, -0.2) is 48.1 Å². The highest BCUT2D eigenvalue weighted by atomic mass is 15.2. The van der Waals surface area contributed by atoms with Gasteiger partial charge in [-0.05, 0) is 51.9 Å². The van der Waals surface area contributed by atoms with Crippen LogP contribution in [0.25, 0.3) is 0 Å². The molecule has 2 unspecified atom stereocenters. The highest BCUT2D eigenvalue weighted by Gasteiger charge is 2.29. The van der Waals surface area contributed by atoms with E-state index in [2.05, 4.69) is 28.4 Å². The van der Waals surface area contributed by atoms with Crippen LogP contribution in [0.5, 0.6) is 0 Å². The second-order valence-electron chi connectivity index (χ2n) is 5.63. The molecule has 2 fully saturated rings. The predicted molar refractivity (Wildman–Crippen MR) is 70.8 cm³/mol. The van der Waals surface area contributed by atoms with Crippen LogP contribution >= 0.6 is 0 Å². The van der Waals surface area contributed by atoms with Gasteiger partial charge in [-0.1, -0.05) is 25.0 Å².